The molecule has 0 unspecified atom stereocenters. The summed E-state index contributed by atoms with van der Waals surface area (Å²) >= 11 is 6.41. The van der Waals surface area contributed by atoms with Gasteiger partial charge in [0.15, 0.2) is 0 Å². The van der Waals surface area contributed by atoms with Gasteiger partial charge < -0.3 is 10.1 Å². The Hall–Kier alpha value is -2.78. The SMILES string of the molecule is CC(C)(C)OC(=O)[C@H](c1ccccc1)[C@H](Nc1ccccc1Cl)c1ccccc1. The Bertz CT molecular complexity index is 936. The van der Waals surface area contributed by atoms with E-state index in [9.17, 15) is 4.79 Å². The van der Waals surface area contributed by atoms with Gasteiger partial charge in [0.1, 0.15) is 11.5 Å². The molecular weight excluding hydrogens is 382 g/mol. The maximum absolute atomic E-state index is 13.4. The van der Waals surface area contributed by atoms with E-state index in [1.807, 2.05) is 106 Å². The second kappa shape index (κ2) is 9.15. The average molecular weight is 408 g/mol. The van der Waals surface area contributed by atoms with Crippen LogP contribution in [0.5, 0.6) is 0 Å². The number of carbonyl (C=O) groups excluding carboxylic acids is 1. The van der Waals surface area contributed by atoms with Gasteiger partial charge in [0.05, 0.1) is 16.8 Å². The van der Waals surface area contributed by atoms with E-state index < -0.39 is 11.5 Å². The molecule has 0 aliphatic rings. The van der Waals surface area contributed by atoms with Crippen LogP contribution in [0.3, 0.4) is 0 Å². The van der Waals surface area contributed by atoms with Gasteiger partial charge in [0.25, 0.3) is 0 Å². The Morgan fingerprint density at radius 2 is 1.34 bits per heavy atom. The summed E-state index contributed by atoms with van der Waals surface area (Å²) in [6, 6.07) is 26.8. The lowest BCUT2D eigenvalue weighted by atomic mass is 9.86. The van der Waals surface area contributed by atoms with Gasteiger partial charge in [-0.15, -0.1) is 0 Å². The topological polar surface area (TPSA) is 38.3 Å². The molecule has 3 aromatic rings. The third kappa shape index (κ3) is 5.61. The fraction of sp³-hybridized carbons (Fsp3) is 0.240. The van der Waals surface area contributed by atoms with E-state index >= 15 is 0 Å². The van der Waals surface area contributed by atoms with E-state index in [1.165, 1.54) is 0 Å². The molecule has 0 aliphatic carbocycles. The van der Waals surface area contributed by atoms with E-state index in [0.29, 0.717) is 5.02 Å². The number of ether oxygens (including phenoxy) is 1. The zero-order valence-electron chi connectivity index (χ0n) is 16.9. The van der Waals surface area contributed by atoms with Crippen molar-refractivity contribution in [3.05, 3.63) is 101 Å². The van der Waals surface area contributed by atoms with Crippen molar-refractivity contribution in [2.45, 2.75) is 38.3 Å². The summed E-state index contributed by atoms with van der Waals surface area (Å²) in [7, 11) is 0. The van der Waals surface area contributed by atoms with Crippen molar-refractivity contribution < 1.29 is 9.53 Å². The number of anilines is 1. The average Bonchev–Trinajstić information content (AvgIpc) is 2.69. The monoisotopic (exact) mass is 407 g/mol. The van der Waals surface area contributed by atoms with Crippen molar-refractivity contribution in [2.24, 2.45) is 0 Å². The van der Waals surface area contributed by atoms with Gasteiger partial charge in [-0.25, -0.2) is 0 Å². The van der Waals surface area contributed by atoms with Crippen LogP contribution in [0, 0.1) is 0 Å². The smallest absolute Gasteiger partial charge is 0.316 e. The fourth-order valence-corrected chi connectivity index (χ4v) is 3.45. The molecule has 2 atom stereocenters. The van der Waals surface area contributed by atoms with Crippen molar-refractivity contribution in [3.63, 3.8) is 0 Å². The molecule has 0 radical (unpaired) electrons. The second-order valence-corrected chi connectivity index (χ2v) is 8.34. The standard InChI is InChI=1S/C25H26ClNO2/c1-25(2,3)29-24(28)22(18-12-6-4-7-13-18)23(19-14-8-5-9-15-19)27-21-17-11-10-16-20(21)26/h4-17,22-23,27H,1-3H3/t22-,23-/m1/s1. The number of halogens is 1. The predicted octanol–water partition coefficient (Wildman–Crippen LogP) is 6.62. The molecule has 3 nitrogen and oxygen atoms in total. The number of para-hydroxylation sites is 1. The van der Waals surface area contributed by atoms with Gasteiger partial charge in [-0.05, 0) is 44.0 Å². The maximum atomic E-state index is 13.4. The molecule has 0 fully saturated rings. The van der Waals surface area contributed by atoms with Crippen molar-refractivity contribution in [2.75, 3.05) is 5.32 Å². The van der Waals surface area contributed by atoms with Gasteiger partial charge in [-0.2, -0.15) is 0 Å². The van der Waals surface area contributed by atoms with Gasteiger partial charge in [0.2, 0.25) is 0 Å². The van der Waals surface area contributed by atoms with Gasteiger partial charge in [0, 0.05) is 0 Å². The normalized spacial score (nSPS) is 13.4. The molecule has 0 aromatic heterocycles. The lowest BCUT2D eigenvalue weighted by Gasteiger charge is -2.31. The number of rotatable bonds is 6. The molecule has 1 N–H and O–H groups in total. The zero-order valence-corrected chi connectivity index (χ0v) is 17.7. The fourth-order valence-electron chi connectivity index (χ4n) is 3.26. The minimum Gasteiger partial charge on any atom is -0.459 e. The number of hydrogen-bond acceptors (Lipinski definition) is 3. The first-order valence-electron chi connectivity index (χ1n) is 9.69. The molecule has 0 heterocycles. The predicted molar refractivity (Wildman–Crippen MR) is 119 cm³/mol. The molecule has 4 heteroatoms. The lowest BCUT2D eigenvalue weighted by Crippen LogP contribution is -2.33. The van der Waals surface area contributed by atoms with E-state index in [2.05, 4.69) is 5.32 Å². The van der Waals surface area contributed by atoms with Crippen molar-refractivity contribution in [3.8, 4) is 0 Å². The summed E-state index contributed by atoms with van der Waals surface area (Å²) < 4.78 is 5.81. The van der Waals surface area contributed by atoms with Gasteiger partial charge in [-0.3, -0.25) is 4.79 Å². The van der Waals surface area contributed by atoms with Crippen LogP contribution in [-0.4, -0.2) is 11.6 Å². The Labute approximate surface area is 177 Å². The van der Waals surface area contributed by atoms with Crippen LogP contribution in [0.2, 0.25) is 5.02 Å². The number of carbonyl (C=O) groups is 1. The molecule has 0 spiro atoms. The second-order valence-electron chi connectivity index (χ2n) is 7.93. The molecule has 0 bridgehead atoms. The minimum atomic E-state index is -0.588. The van der Waals surface area contributed by atoms with Crippen LogP contribution in [0.25, 0.3) is 0 Å². The van der Waals surface area contributed by atoms with Crippen LogP contribution in [-0.2, 0) is 9.53 Å². The van der Waals surface area contributed by atoms with Crippen LogP contribution >= 0.6 is 11.6 Å². The van der Waals surface area contributed by atoms with Crippen LogP contribution < -0.4 is 5.32 Å². The molecule has 3 rings (SSSR count). The molecule has 0 saturated heterocycles. The summed E-state index contributed by atoms with van der Waals surface area (Å²) in [5.74, 6) is -0.828. The molecule has 0 aliphatic heterocycles. The molecular formula is C25H26ClNO2. The molecule has 3 aromatic carbocycles. The number of nitrogens with one attached hydrogen (secondary N) is 1. The number of hydrogen-bond donors (Lipinski definition) is 1. The van der Waals surface area contributed by atoms with Crippen molar-refractivity contribution in [1.82, 2.24) is 0 Å². The highest BCUT2D eigenvalue weighted by Gasteiger charge is 2.35. The Kier molecular flexibility index (Phi) is 6.60. The van der Waals surface area contributed by atoms with Crippen LogP contribution in [0.4, 0.5) is 5.69 Å². The van der Waals surface area contributed by atoms with Gasteiger partial charge in [-0.1, -0.05) is 84.4 Å². The number of benzene rings is 3. The summed E-state index contributed by atoms with van der Waals surface area (Å²) in [5.41, 5.74) is 2.05. The molecule has 29 heavy (non-hydrogen) atoms. The maximum Gasteiger partial charge on any atom is 0.316 e. The first-order valence-corrected chi connectivity index (χ1v) is 10.1. The van der Waals surface area contributed by atoms with Gasteiger partial charge >= 0.3 is 5.97 Å². The summed E-state index contributed by atoms with van der Waals surface area (Å²) in [6.45, 7) is 5.64. The third-order valence-electron chi connectivity index (χ3n) is 4.50. The molecule has 150 valence electrons. The Morgan fingerprint density at radius 3 is 1.90 bits per heavy atom. The highest BCUT2D eigenvalue weighted by atomic mass is 35.5. The van der Waals surface area contributed by atoms with E-state index in [-0.39, 0.29) is 12.0 Å². The van der Waals surface area contributed by atoms with E-state index in [0.717, 1.165) is 16.8 Å². The Morgan fingerprint density at radius 1 is 0.828 bits per heavy atom. The zero-order chi connectivity index (χ0) is 20.9. The van der Waals surface area contributed by atoms with Crippen LogP contribution in [0.1, 0.15) is 43.9 Å². The first kappa shape index (κ1) is 20.9. The third-order valence-corrected chi connectivity index (χ3v) is 4.83. The Balaban J connectivity index is 2.09. The summed E-state index contributed by atoms with van der Waals surface area (Å²) in [5, 5.41) is 4.10. The first-order chi connectivity index (χ1) is 13.8. The lowest BCUT2D eigenvalue weighted by molar-refractivity contribution is -0.157. The minimum absolute atomic E-state index is 0.280. The number of esters is 1. The van der Waals surface area contributed by atoms with E-state index in [4.69, 9.17) is 16.3 Å². The molecule has 0 amide bonds. The largest absolute Gasteiger partial charge is 0.459 e. The quantitative estimate of drug-likeness (QED) is 0.466. The van der Waals surface area contributed by atoms with Crippen LogP contribution in [0.15, 0.2) is 84.9 Å². The van der Waals surface area contributed by atoms with Crippen molar-refractivity contribution in [1.29, 1.82) is 0 Å². The highest BCUT2D eigenvalue weighted by molar-refractivity contribution is 6.33. The molecule has 0 saturated carbocycles. The summed E-state index contributed by atoms with van der Waals surface area (Å²) in [6.07, 6.45) is 0. The highest BCUT2D eigenvalue weighted by Crippen LogP contribution is 2.37. The van der Waals surface area contributed by atoms with E-state index in [1.54, 1.807) is 0 Å². The summed E-state index contributed by atoms with van der Waals surface area (Å²) in [4.78, 5) is 13.4. The van der Waals surface area contributed by atoms with Crippen molar-refractivity contribution >= 4 is 23.3 Å².